The number of fused-ring (bicyclic) bond motifs is 1. The summed E-state index contributed by atoms with van der Waals surface area (Å²) in [5, 5.41) is 9.29. The van der Waals surface area contributed by atoms with E-state index in [9.17, 15) is 9.59 Å². The lowest BCUT2D eigenvalue weighted by Crippen LogP contribution is -2.58. The highest BCUT2D eigenvalue weighted by Gasteiger charge is 2.44. The zero-order chi connectivity index (χ0) is 18.9. The number of anilines is 3. The number of hydrogen-bond acceptors (Lipinski definition) is 5. The molecule has 3 N–H and O–H groups in total. The maximum atomic E-state index is 12.7. The molecule has 1 aromatic heterocycles. The average Bonchev–Trinajstić information content (AvgIpc) is 2.70. The van der Waals surface area contributed by atoms with Crippen LogP contribution in [-0.2, 0) is 4.79 Å². The highest BCUT2D eigenvalue weighted by atomic mass is 16.2. The van der Waals surface area contributed by atoms with Gasteiger partial charge in [0.15, 0.2) is 0 Å². The van der Waals surface area contributed by atoms with Gasteiger partial charge in [-0.3, -0.25) is 9.59 Å². The van der Waals surface area contributed by atoms with E-state index in [1.165, 1.54) is 0 Å². The minimum absolute atomic E-state index is 0.0184. The summed E-state index contributed by atoms with van der Waals surface area (Å²) in [6, 6.07) is 11.3. The number of para-hydroxylation sites is 2. The number of piperidine rings is 1. The molecular formula is C20H23N5O2. The topological polar surface area (TPSA) is 86.4 Å². The highest BCUT2D eigenvalue weighted by molar-refractivity contribution is 6.06. The summed E-state index contributed by atoms with van der Waals surface area (Å²) in [6.07, 6.45) is 2.99. The summed E-state index contributed by atoms with van der Waals surface area (Å²) >= 11 is 0. The van der Waals surface area contributed by atoms with Crippen molar-refractivity contribution in [3.8, 4) is 0 Å². The fourth-order valence-corrected chi connectivity index (χ4v) is 3.72. The number of aromatic nitrogens is 1. The Balaban J connectivity index is 1.49. The van der Waals surface area contributed by atoms with Gasteiger partial charge in [0.25, 0.3) is 5.91 Å². The number of nitrogens with zero attached hydrogens (tertiary/aromatic N) is 2. The first-order valence-electron chi connectivity index (χ1n) is 9.29. The van der Waals surface area contributed by atoms with Gasteiger partial charge in [0.1, 0.15) is 11.4 Å². The molecule has 0 bridgehead atoms. The summed E-state index contributed by atoms with van der Waals surface area (Å²) in [6.45, 7) is 3.86. The Hall–Kier alpha value is -3.09. The molecule has 0 radical (unpaired) electrons. The lowest BCUT2D eigenvalue weighted by Gasteiger charge is -2.44. The smallest absolute Gasteiger partial charge is 0.251 e. The van der Waals surface area contributed by atoms with Crippen LogP contribution in [-0.4, -0.2) is 42.0 Å². The molecule has 2 amide bonds. The molecule has 140 valence electrons. The second kappa shape index (κ2) is 6.90. The van der Waals surface area contributed by atoms with Gasteiger partial charge in [-0.15, -0.1) is 0 Å². The van der Waals surface area contributed by atoms with Gasteiger partial charge in [-0.05, 0) is 44.0 Å². The van der Waals surface area contributed by atoms with Crippen molar-refractivity contribution in [2.24, 2.45) is 0 Å². The van der Waals surface area contributed by atoms with Crippen molar-refractivity contribution in [3.63, 3.8) is 0 Å². The van der Waals surface area contributed by atoms with Crippen LogP contribution in [0.5, 0.6) is 0 Å². The van der Waals surface area contributed by atoms with Crippen molar-refractivity contribution >= 4 is 29.0 Å². The monoisotopic (exact) mass is 365 g/mol. The molecule has 1 fully saturated rings. The highest BCUT2D eigenvalue weighted by Crippen LogP contribution is 2.36. The minimum atomic E-state index is -0.595. The molecule has 7 heteroatoms. The van der Waals surface area contributed by atoms with Crippen molar-refractivity contribution in [2.45, 2.75) is 25.3 Å². The maximum absolute atomic E-state index is 12.7. The van der Waals surface area contributed by atoms with E-state index in [0.29, 0.717) is 38.0 Å². The van der Waals surface area contributed by atoms with E-state index in [1.54, 1.807) is 12.3 Å². The van der Waals surface area contributed by atoms with Gasteiger partial charge in [0.2, 0.25) is 5.91 Å². The molecule has 1 spiro atoms. The Bertz CT molecular complexity index is 874. The number of carbonyl (C=O) groups is 2. The predicted molar refractivity (Wildman–Crippen MR) is 105 cm³/mol. The van der Waals surface area contributed by atoms with Crippen molar-refractivity contribution in [2.75, 3.05) is 35.2 Å². The van der Waals surface area contributed by atoms with Crippen molar-refractivity contribution < 1.29 is 9.59 Å². The first-order chi connectivity index (χ1) is 13.1. The Labute approximate surface area is 158 Å². The second-order valence-corrected chi connectivity index (χ2v) is 6.96. The standard InChI is InChI=1S/C20H23N5O2/c1-2-21-18(26)14-7-10-22-17(13-14)25-11-8-20(9-12-25)19(27)23-15-5-3-4-6-16(15)24-20/h3-7,10,13,24H,2,8-9,11-12H2,1H3,(H,21,26)(H,23,27). The summed E-state index contributed by atoms with van der Waals surface area (Å²) in [5.41, 5.74) is 1.79. The van der Waals surface area contributed by atoms with Crippen LogP contribution in [0.4, 0.5) is 17.2 Å². The fourth-order valence-electron chi connectivity index (χ4n) is 3.72. The number of benzene rings is 1. The Morgan fingerprint density at radius 3 is 2.70 bits per heavy atom. The molecule has 0 aliphatic carbocycles. The number of pyridine rings is 1. The van der Waals surface area contributed by atoms with E-state index < -0.39 is 5.54 Å². The Morgan fingerprint density at radius 1 is 1.22 bits per heavy atom. The van der Waals surface area contributed by atoms with Crippen LogP contribution >= 0.6 is 0 Å². The molecule has 2 aromatic rings. The van der Waals surface area contributed by atoms with Crippen LogP contribution in [0.3, 0.4) is 0 Å². The van der Waals surface area contributed by atoms with Gasteiger partial charge < -0.3 is 20.9 Å². The normalized spacial score (nSPS) is 17.7. The van der Waals surface area contributed by atoms with E-state index >= 15 is 0 Å². The molecule has 0 saturated carbocycles. The molecule has 0 unspecified atom stereocenters. The van der Waals surface area contributed by atoms with Crippen LogP contribution in [0.25, 0.3) is 0 Å². The van der Waals surface area contributed by atoms with E-state index in [0.717, 1.165) is 17.2 Å². The van der Waals surface area contributed by atoms with Crippen LogP contribution in [0.1, 0.15) is 30.1 Å². The van der Waals surface area contributed by atoms with Crippen molar-refractivity contribution in [1.82, 2.24) is 10.3 Å². The van der Waals surface area contributed by atoms with Crippen molar-refractivity contribution in [3.05, 3.63) is 48.2 Å². The van der Waals surface area contributed by atoms with Crippen LogP contribution in [0.15, 0.2) is 42.6 Å². The summed E-state index contributed by atoms with van der Waals surface area (Å²) < 4.78 is 0. The summed E-state index contributed by atoms with van der Waals surface area (Å²) in [7, 11) is 0. The lowest BCUT2D eigenvalue weighted by molar-refractivity contribution is -0.121. The number of amides is 2. The molecule has 0 atom stereocenters. The predicted octanol–water partition coefficient (Wildman–Crippen LogP) is 2.23. The van der Waals surface area contributed by atoms with E-state index in [-0.39, 0.29) is 11.8 Å². The van der Waals surface area contributed by atoms with E-state index in [1.807, 2.05) is 37.3 Å². The van der Waals surface area contributed by atoms with Crippen LogP contribution < -0.4 is 20.9 Å². The van der Waals surface area contributed by atoms with Gasteiger partial charge in [0, 0.05) is 31.4 Å². The van der Waals surface area contributed by atoms with Gasteiger partial charge in [-0.2, -0.15) is 0 Å². The van der Waals surface area contributed by atoms with Gasteiger partial charge in [0.05, 0.1) is 11.4 Å². The molecular weight excluding hydrogens is 342 g/mol. The largest absolute Gasteiger partial charge is 0.369 e. The second-order valence-electron chi connectivity index (χ2n) is 6.96. The number of hydrogen-bond donors (Lipinski definition) is 3. The fraction of sp³-hybridized carbons (Fsp3) is 0.350. The molecule has 4 rings (SSSR count). The third-order valence-electron chi connectivity index (χ3n) is 5.27. The van der Waals surface area contributed by atoms with Gasteiger partial charge in [-0.1, -0.05) is 12.1 Å². The SMILES string of the molecule is CCNC(=O)c1ccnc(N2CCC3(CC2)Nc2ccccc2NC3=O)c1. The average molecular weight is 365 g/mol. The Kier molecular flexibility index (Phi) is 4.43. The molecule has 2 aliphatic heterocycles. The van der Waals surface area contributed by atoms with Crippen LogP contribution in [0, 0.1) is 0 Å². The van der Waals surface area contributed by atoms with Crippen LogP contribution in [0.2, 0.25) is 0 Å². The van der Waals surface area contributed by atoms with Crippen molar-refractivity contribution in [1.29, 1.82) is 0 Å². The molecule has 3 heterocycles. The molecule has 7 nitrogen and oxygen atoms in total. The Morgan fingerprint density at radius 2 is 1.96 bits per heavy atom. The van der Waals surface area contributed by atoms with Gasteiger partial charge >= 0.3 is 0 Å². The minimum Gasteiger partial charge on any atom is -0.369 e. The lowest BCUT2D eigenvalue weighted by atomic mass is 9.84. The summed E-state index contributed by atoms with van der Waals surface area (Å²) in [5.74, 6) is 0.690. The molecule has 1 saturated heterocycles. The van der Waals surface area contributed by atoms with E-state index in [2.05, 4.69) is 25.8 Å². The molecule has 2 aliphatic rings. The third-order valence-corrected chi connectivity index (χ3v) is 5.27. The number of rotatable bonds is 3. The summed E-state index contributed by atoms with van der Waals surface area (Å²) in [4.78, 5) is 31.3. The first-order valence-corrected chi connectivity index (χ1v) is 9.29. The third kappa shape index (κ3) is 3.20. The first kappa shape index (κ1) is 17.3. The quantitative estimate of drug-likeness (QED) is 0.777. The number of carbonyl (C=O) groups excluding carboxylic acids is 2. The zero-order valence-electron chi connectivity index (χ0n) is 15.3. The van der Waals surface area contributed by atoms with Gasteiger partial charge in [-0.25, -0.2) is 4.98 Å². The number of nitrogens with one attached hydrogen (secondary N) is 3. The molecule has 27 heavy (non-hydrogen) atoms. The van der Waals surface area contributed by atoms with E-state index in [4.69, 9.17) is 0 Å². The molecule has 1 aromatic carbocycles. The zero-order valence-corrected chi connectivity index (χ0v) is 15.3. The maximum Gasteiger partial charge on any atom is 0.251 e.